The van der Waals surface area contributed by atoms with Crippen LogP contribution in [-0.2, 0) is 4.79 Å². The molecule has 4 heteroatoms. The van der Waals surface area contributed by atoms with Crippen molar-refractivity contribution in [3.8, 4) is 22.6 Å². The zero-order valence-corrected chi connectivity index (χ0v) is 16.7. The molecule has 1 fully saturated rings. The number of thioether (sulfide) groups is 1. The first-order chi connectivity index (χ1) is 13.1. The Bertz CT molecular complexity index is 798. The summed E-state index contributed by atoms with van der Waals surface area (Å²) in [5.74, 6) is 2.27. The Hall–Kier alpha value is -2.33. The standard InChI is InChI=1S/C18H15NO2S.C5H10/c1-13(20)12-22-18-19-16(14-8-4-2-5-9-14)17(21-18)15-10-6-3-7-11-15;1-5-3-2-4-5/h2-11H,12H2,1H3;5H,2-4H2,1H3. The molecule has 1 saturated carbocycles. The summed E-state index contributed by atoms with van der Waals surface area (Å²) in [5.41, 5.74) is 2.78. The predicted molar refractivity (Wildman–Crippen MR) is 112 cm³/mol. The van der Waals surface area contributed by atoms with E-state index < -0.39 is 0 Å². The third kappa shape index (κ3) is 5.57. The molecule has 0 radical (unpaired) electrons. The number of hydrogen-bond donors (Lipinski definition) is 0. The maximum atomic E-state index is 11.2. The zero-order chi connectivity index (χ0) is 19.1. The van der Waals surface area contributed by atoms with Gasteiger partial charge in [0.25, 0.3) is 5.22 Å². The fourth-order valence-electron chi connectivity index (χ4n) is 2.71. The third-order valence-corrected chi connectivity index (χ3v) is 5.46. The van der Waals surface area contributed by atoms with Crippen LogP contribution in [-0.4, -0.2) is 16.5 Å². The minimum absolute atomic E-state index is 0.103. The smallest absolute Gasteiger partial charge is 0.257 e. The van der Waals surface area contributed by atoms with E-state index in [0.717, 1.165) is 28.5 Å². The highest BCUT2D eigenvalue weighted by Gasteiger charge is 2.17. The Balaban J connectivity index is 0.000000364. The van der Waals surface area contributed by atoms with Gasteiger partial charge in [-0.25, -0.2) is 4.98 Å². The maximum absolute atomic E-state index is 11.2. The summed E-state index contributed by atoms with van der Waals surface area (Å²) >= 11 is 1.33. The van der Waals surface area contributed by atoms with Crippen molar-refractivity contribution in [2.45, 2.75) is 38.3 Å². The van der Waals surface area contributed by atoms with Crippen molar-refractivity contribution in [3.05, 3.63) is 60.7 Å². The lowest BCUT2D eigenvalue weighted by molar-refractivity contribution is -0.114. The average Bonchev–Trinajstić information content (AvgIpc) is 3.11. The normalized spacial score (nSPS) is 13.4. The van der Waals surface area contributed by atoms with Crippen LogP contribution in [0.1, 0.15) is 33.1 Å². The first-order valence-electron chi connectivity index (χ1n) is 9.37. The van der Waals surface area contributed by atoms with Crippen molar-refractivity contribution in [2.75, 3.05) is 5.75 Å². The first-order valence-corrected chi connectivity index (χ1v) is 10.4. The minimum Gasteiger partial charge on any atom is -0.431 e. The van der Waals surface area contributed by atoms with Crippen molar-refractivity contribution < 1.29 is 9.21 Å². The van der Waals surface area contributed by atoms with Crippen LogP contribution in [0, 0.1) is 5.92 Å². The Kier molecular flexibility index (Phi) is 6.88. The van der Waals surface area contributed by atoms with Crippen molar-refractivity contribution in [3.63, 3.8) is 0 Å². The quantitative estimate of drug-likeness (QED) is 0.475. The van der Waals surface area contributed by atoms with E-state index in [1.807, 2.05) is 60.7 Å². The molecule has 0 N–H and O–H groups in total. The topological polar surface area (TPSA) is 43.1 Å². The van der Waals surface area contributed by atoms with Gasteiger partial charge in [0.2, 0.25) is 0 Å². The molecular formula is C23H25NO2S. The summed E-state index contributed by atoms with van der Waals surface area (Å²) in [6.07, 6.45) is 4.46. The molecule has 1 aliphatic carbocycles. The van der Waals surface area contributed by atoms with Crippen LogP contribution < -0.4 is 0 Å². The number of oxazole rings is 1. The summed E-state index contributed by atoms with van der Waals surface area (Å²) in [6, 6.07) is 19.8. The third-order valence-electron chi connectivity index (χ3n) is 4.48. The largest absolute Gasteiger partial charge is 0.431 e. The molecular weight excluding hydrogens is 354 g/mol. The molecule has 2 aromatic carbocycles. The van der Waals surface area contributed by atoms with E-state index in [1.54, 1.807) is 6.92 Å². The van der Waals surface area contributed by atoms with Gasteiger partial charge in [-0.2, -0.15) is 0 Å². The lowest BCUT2D eigenvalue weighted by Gasteiger charge is -2.18. The van der Waals surface area contributed by atoms with Crippen LogP contribution in [0.25, 0.3) is 22.6 Å². The van der Waals surface area contributed by atoms with Crippen molar-refractivity contribution in [1.82, 2.24) is 4.98 Å². The van der Waals surface area contributed by atoms with Gasteiger partial charge in [-0.05, 0) is 12.8 Å². The predicted octanol–water partition coefficient (Wildman–Crippen LogP) is 6.50. The summed E-state index contributed by atoms with van der Waals surface area (Å²) in [5, 5.41) is 0.521. The summed E-state index contributed by atoms with van der Waals surface area (Å²) in [4.78, 5) is 15.7. The molecule has 0 bridgehead atoms. The molecule has 0 aliphatic heterocycles. The van der Waals surface area contributed by atoms with Crippen LogP contribution in [0.4, 0.5) is 0 Å². The molecule has 1 aromatic heterocycles. The van der Waals surface area contributed by atoms with Crippen LogP contribution in [0.5, 0.6) is 0 Å². The molecule has 3 nitrogen and oxygen atoms in total. The highest BCUT2D eigenvalue weighted by atomic mass is 32.2. The molecule has 1 heterocycles. The minimum atomic E-state index is 0.103. The molecule has 3 aromatic rings. The van der Waals surface area contributed by atoms with Gasteiger partial charge in [-0.3, -0.25) is 4.79 Å². The maximum Gasteiger partial charge on any atom is 0.257 e. The van der Waals surface area contributed by atoms with Gasteiger partial charge in [0.05, 0.1) is 5.75 Å². The van der Waals surface area contributed by atoms with Gasteiger partial charge in [-0.1, -0.05) is 98.6 Å². The van der Waals surface area contributed by atoms with Crippen LogP contribution in [0.2, 0.25) is 0 Å². The molecule has 0 saturated heterocycles. The summed E-state index contributed by atoms with van der Waals surface area (Å²) in [7, 11) is 0. The number of carbonyl (C=O) groups excluding carboxylic acids is 1. The Morgan fingerprint density at radius 1 is 1.04 bits per heavy atom. The Labute approximate surface area is 165 Å². The van der Waals surface area contributed by atoms with Gasteiger partial charge in [0, 0.05) is 11.1 Å². The van der Waals surface area contributed by atoms with Gasteiger partial charge < -0.3 is 4.42 Å². The highest BCUT2D eigenvalue weighted by molar-refractivity contribution is 7.99. The number of hydrogen-bond acceptors (Lipinski definition) is 4. The molecule has 0 spiro atoms. The first kappa shape index (κ1) is 19.4. The Morgan fingerprint density at radius 2 is 1.59 bits per heavy atom. The number of ketones is 1. The Morgan fingerprint density at radius 3 is 2.07 bits per heavy atom. The average molecular weight is 380 g/mol. The van der Waals surface area contributed by atoms with E-state index in [0.29, 0.717) is 11.0 Å². The molecule has 140 valence electrons. The van der Waals surface area contributed by atoms with Crippen LogP contribution in [0.3, 0.4) is 0 Å². The SMILES string of the molecule is CC(=O)CSc1nc(-c2ccccc2)c(-c2ccccc2)o1.CC1CCC1. The second-order valence-electron chi connectivity index (χ2n) is 6.92. The molecule has 27 heavy (non-hydrogen) atoms. The van der Waals surface area contributed by atoms with Crippen molar-refractivity contribution in [2.24, 2.45) is 5.92 Å². The summed E-state index contributed by atoms with van der Waals surface area (Å²) < 4.78 is 5.91. The number of aromatic nitrogens is 1. The lowest BCUT2D eigenvalue weighted by Crippen LogP contribution is -2.04. The van der Waals surface area contributed by atoms with Crippen molar-refractivity contribution >= 4 is 17.5 Å². The summed E-state index contributed by atoms with van der Waals surface area (Å²) in [6.45, 7) is 3.87. The lowest BCUT2D eigenvalue weighted by atomic mass is 9.88. The second-order valence-corrected chi connectivity index (χ2v) is 7.84. The van der Waals surface area contributed by atoms with E-state index in [1.165, 1.54) is 31.0 Å². The number of Topliss-reactive ketones (excluding diaryl/α,β-unsaturated/α-hetero) is 1. The molecule has 1 aliphatic rings. The number of benzene rings is 2. The fourth-order valence-corrected chi connectivity index (χ4v) is 3.34. The number of rotatable bonds is 5. The van der Waals surface area contributed by atoms with E-state index in [2.05, 4.69) is 11.9 Å². The number of nitrogens with zero attached hydrogens (tertiary/aromatic N) is 1. The van der Waals surface area contributed by atoms with Gasteiger partial charge in [0.15, 0.2) is 5.76 Å². The molecule has 0 atom stereocenters. The van der Waals surface area contributed by atoms with E-state index >= 15 is 0 Å². The fraction of sp³-hybridized carbons (Fsp3) is 0.304. The van der Waals surface area contributed by atoms with Crippen molar-refractivity contribution in [1.29, 1.82) is 0 Å². The highest BCUT2D eigenvalue weighted by Crippen LogP contribution is 2.35. The molecule has 0 amide bonds. The van der Waals surface area contributed by atoms with E-state index in [-0.39, 0.29) is 5.78 Å². The second kappa shape index (κ2) is 9.56. The molecule has 0 unspecified atom stereocenters. The monoisotopic (exact) mass is 379 g/mol. The molecule has 4 rings (SSSR count). The zero-order valence-electron chi connectivity index (χ0n) is 15.9. The van der Waals surface area contributed by atoms with Crippen LogP contribution >= 0.6 is 11.8 Å². The van der Waals surface area contributed by atoms with Gasteiger partial charge in [0.1, 0.15) is 11.5 Å². The van der Waals surface area contributed by atoms with E-state index in [9.17, 15) is 4.79 Å². The number of carbonyl (C=O) groups is 1. The van der Waals surface area contributed by atoms with Crippen LogP contribution in [0.15, 0.2) is 70.3 Å². The van der Waals surface area contributed by atoms with Gasteiger partial charge >= 0.3 is 0 Å². The van der Waals surface area contributed by atoms with E-state index in [4.69, 9.17) is 4.42 Å². The van der Waals surface area contributed by atoms with Gasteiger partial charge in [-0.15, -0.1) is 0 Å².